The molecule has 1 N–H and O–H groups in total. The Hall–Kier alpha value is -3.85. The second kappa shape index (κ2) is 9.42. The molecule has 9 heteroatoms. The second-order valence-corrected chi connectivity index (χ2v) is 9.85. The number of halogens is 3. The van der Waals surface area contributed by atoms with E-state index in [2.05, 4.69) is 5.32 Å². The average Bonchev–Trinajstić information content (AvgIpc) is 2.82. The molecule has 35 heavy (non-hydrogen) atoms. The fourth-order valence-corrected chi connectivity index (χ4v) is 5.00. The van der Waals surface area contributed by atoms with E-state index in [0.29, 0.717) is 9.99 Å². The molecular weight excluding hydrogens is 477 g/mol. The van der Waals surface area contributed by atoms with Gasteiger partial charge < -0.3 is 5.32 Å². The third-order valence-electron chi connectivity index (χ3n) is 5.39. The highest BCUT2D eigenvalue weighted by Crippen LogP contribution is 2.33. The van der Waals surface area contributed by atoms with Gasteiger partial charge in [0, 0.05) is 5.69 Å². The van der Waals surface area contributed by atoms with Crippen LogP contribution in [0.5, 0.6) is 0 Å². The monoisotopic (exact) mass is 498 g/mol. The number of carbonyl (C=O) groups is 1. The lowest BCUT2D eigenvalue weighted by Crippen LogP contribution is -2.38. The Morgan fingerprint density at radius 3 is 2.23 bits per heavy atom. The third kappa shape index (κ3) is 5.46. The first-order chi connectivity index (χ1) is 16.5. The van der Waals surface area contributed by atoms with Gasteiger partial charge in [-0.2, -0.15) is 13.2 Å². The topological polar surface area (TPSA) is 66.5 Å². The van der Waals surface area contributed by atoms with Crippen LogP contribution in [-0.4, -0.2) is 20.9 Å². The van der Waals surface area contributed by atoms with Crippen LogP contribution >= 0.6 is 0 Å². The summed E-state index contributed by atoms with van der Waals surface area (Å²) >= 11 is 0. The van der Waals surface area contributed by atoms with E-state index in [9.17, 15) is 26.4 Å². The molecule has 1 amide bonds. The van der Waals surface area contributed by atoms with Gasteiger partial charge in [0.05, 0.1) is 16.1 Å². The van der Waals surface area contributed by atoms with E-state index in [1.54, 1.807) is 37.3 Å². The van der Waals surface area contributed by atoms with Gasteiger partial charge in [0.2, 0.25) is 5.91 Å². The van der Waals surface area contributed by atoms with Gasteiger partial charge in [0.25, 0.3) is 10.0 Å². The van der Waals surface area contributed by atoms with E-state index >= 15 is 0 Å². The SMILES string of the molecule is Cc1ccc(S(=O)(=O)N(CC(=O)Nc2ccc3ccccc3c2)c2cccc(C(F)(F)F)c2)cc1. The van der Waals surface area contributed by atoms with Gasteiger partial charge in [-0.1, -0.05) is 54.1 Å². The van der Waals surface area contributed by atoms with Crippen LogP contribution in [0, 0.1) is 6.92 Å². The zero-order valence-electron chi connectivity index (χ0n) is 18.6. The normalized spacial score (nSPS) is 11.9. The molecule has 0 atom stereocenters. The van der Waals surface area contributed by atoms with Crippen molar-refractivity contribution in [1.82, 2.24) is 0 Å². The molecule has 0 aromatic heterocycles. The van der Waals surface area contributed by atoms with Gasteiger partial charge in [-0.05, 0) is 60.2 Å². The Morgan fingerprint density at radius 2 is 1.54 bits per heavy atom. The minimum absolute atomic E-state index is 0.140. The summed E-state index contributed by atoms with van der Waals surface area (Å²) in [6.45, 7) is 1.06. The lowest BCUT2D eigenvalue weighted by atomic mass is 10.1. The lowest BCUT2D eigenvalue weighted by molar-refractivity contribution is -0.137. The number of amides is 1. The van der Waals surface area contributed by atoms with E-state index in [-0.39, 0.29) is 10.6 Å². The number of hydrogen-bond acceptors (Lipinski definition) is 3. The number of fused-ring (bicyclic) bond motifs is 1. The van der Waals surface area contributed by atoms with Crippen LogP contribution in [0.4, 0.5) is 24.5 Å². The molecule has 0 unspecified atom stereocenters. The first-order valence-corrected chi connectivity index (χ1v) is 12.0. The van der Waals surface area contributed by atoms with Crippen LogP contribution in [0.25, 0.3) is 10.8 Å². The summed E-state index contributed by atoms with van der Waals surface area (Å²) in [6.07, 6.45) is -4.68. The highest BCUT2D eigenvalue weighted by Gasteiger charge is 2.33. The molecule has 0 aliphatic carbocycles. The number of anilines is 2. The molecule has 180 valence electrons. The summed E-state index contributed by atoms with van der Waals surface area (Å²) in [5, 5.41) is 4.47. The van der Waals surface area contributed by atoms with Crippen molar-refractivity contribution in [2.45, 2.75) is 18.0 Å². The zero-order chi connectivity index (χ0) is 25.2. The first kappa shape index (κ1) is 24.3. The number of hydrogen-bond donors (Lipinski definition) is 1. The number of nitrogens with one attached hydrogen (secondary N) is 1. The molecule has 0 saturated carbocycles. The number of sulfonamides is 1. The van der Waals surface area contributed by atoms with Crippen molar-refractivity contribution in [1.29, 1.82) is 0 Å². The fourth-order valence-electron chi connectivity index (χ4n) is 3.59. The molecule has 4 rings (SSSR count). The number of nitrogens with zero attached hydrogens (tertiary/aromatic N) is 1. The maximum atomic E-state index is 13.4. The van der Waals surface area contributed by atoms with Crippen LogP contribution in [0.1, 0.15) is 11.1 Å². The van der Waals surface area contributed by atoms with E-state index in [1.165, 1.54) is 18.2 Å². The Bertz CT molecular complexity index is 1480. The van der Waals surface area contributed by atoms with Crippen LogP contribution in [0.3, 0.4) is 0 Å². The molecule has 0 heterocycles. The van der Waals surface area contributed by atoms with E-state index in [1.807, 2.05) is 24.3 Å². The molecule has 0 aliphatic heterocycles. The fraction of sp³-hybridized carbons (Fsp3) is 0.115. The summed E-state index contributed by atoms with van der Waals surface area (Å²) in [5.74, 6) is -0.701. The molecule has 0 radical (unpaired) electrons. The average molecular weight is 499 g/mol. The largest absolute Gasteiger partial charge is 0.416 e. The first-order valence-electron chi connectivity index (χ1n) is 10.6. The van der Waals surface area contributed by atoms with Crippen LogP contribution in [-0.2, 0) is 21.0 Å². The molecule has 0 bridgehead atoms. The smallest absolute Gasteiger partial charge is 0.324 e. The number of benzene rings is 4. The van der Waals surface area contributed by atoms with Gasteiger partial charge in [0.1, 0.15) is 6.54 Å². The van der Waals surface area contributed by atoms with Gasteiger partial charge in [0.15, 0.2) is 0 Å². The van der Waals surface area contributed by atoms with Crippen molar-refractivity contribution < 1.29 is 26.4 Å². The standard InChI is InChI=1S/C26H21F3N2O3S/c1-18-9-13-24(14-10-18)35(33,34)31(23-8-4-7-21(16-23)26(27,28)29)17-25(32)30-22-12-11-19-5-2-3-6-20(19)15-22/h2-16H,17H2,1H3,(H,30,32). The molecule has 5 nitrogen and oxygen atoms in total. The summed E-state index contributed by atoms with van der Waals surface area (Å²) in [4.78, 5) is 12.8. The van der Waals surface area contributed by atoms with E-state index in [0.717, 1.165) is 34.5 Å². The molecular formula is C26H21F3N2O3S. The molecule has 0 saturated heterocycles. The van der Waals surface area contributed by atoms with Crippen LogP contribution in [0.2, 0.25) is 0 Å². The predicted octanol–water partition coefficient (Wildman–Crippen LogP) is 6.00. The van der Waals surface area contributed by atoms with Crippen molar-refractivity contribution in [2.75, 3.05) is 16.2 Å². The van der Waals surface area contributed by atoms with Gasteiger partial charge in [-0.15, -0.1) is 0 Å². The van der Waals surface area contributed by atoms with E-state index < -0.39 is 34.2 Å². The summed E-state index contributed by atoms with van der Waals surface area (Å²) < 4.78 is 67.5. The van der Waals surface area contributed by atoms with Gasteiger partial charge >= 0.3 is 6.18 Å². The second-order valence-electron chi connectivity index (χ2n) is 7.98. The number of alkyl halides is 3. The molecule has 4 aromatic rings. The maximum absolute atomic E-state index is 13.4. The van der Waals surface area contributed by atoms with Crippen LogP contribution < -0.4 is 9.62 Å². The Morgan fingerprint density at radius 1 is 0.857 bits per heavy atom. The van der Waals surface area contributed by atoms with Gasteiger partial charge in [-0.25, -0.2) is 8.42 Å². The van der Waals surface area contributed by atoms with Crippen molar-refractivity contribution in [2.24, 2.45) is 0 Å². The van der Waals surface area contributed by atoms with Crippen molar-refractivity contribution in [3.05, 3.63) is 102 Å². The predicted molar refractivity (Wildman–Crippen MR) is 130 cm³/mol. The summed E-state index contributed by atoms with van der Waals surface area (Å²) in [5.41, 5.74) is -0.0443. The summed E-state index contributed by atoms with van der Waals surface area (Å²) in [6, 6.07) is 22.5. The van der Waals surface area contributed by atoms with Crippen molar-refractivity contribution >= 4 is 38.1 Å². The Kier molecular flexibility index (Phi) is 6.53. The highest BCUT2D eigenvalue weighted by molar-refractivity contribution is 7.92. The zero-order valence-corrected chi connectivity index (χ0v) is 19.4. The van der Waals surface area contributed by atoms with Crippen molar-refractivity contribution in [3.8, 4) is 0 Å². The summed E-state index contributed by atoms with van der Waals surface area (Å²) in [7, 11) is -4.35. The van der Waals surface area contributed by atoms with Crippen molar-refractivity contribution in [3.63, 3.8) is 0 Å². The minimum atomic E-state index is -4.68. The van der Waals surface area contributed by atoms with E-state index in [4.69, 9.17) is 0 Å². The maximum Gasteiger partial charge on any atom is 0.416 e. The number of carbonyl (C=O) groups excluding carboxylic acids is 1. The molecule has 0 fully saturated rings. The number of rotatable bonds is 6. The minimum Gasteiger partial charge on any atom is -0.324 e. The molecule has 0 aliphatic rings. The third-order valence-corrected chi connectivity index (χ3v) is 7.18. The molecule has 4 aromatic carbocycles. The Balaban J connectivity index is 1.69. The highest BCUT2D eigenvalue weighted by atomic mass is 32.2. The quantitative estimate of drug-likeness (QED) is 0.355. The van der Waals surface area contributed by atoms with Gasteiger partial charge in [-0.3, -0.25) is 9.10 Å². The Labute approximate surface area is 200 Å². The molecule has 0 spiro atoms. The lowest BCUT2D eigenvalue weighted by Gasteiger charge is -2.25. The number of aryl methyl sites for hydroxylation is 1. The van der Waals surface area contributed by atoms with Crippen LogP contribution in [0.15, 0.2) is 95.9 Å².